The molecule has 0 bridgehead atoms. The predicted octanol–water partition coefficient (Wildman–Crippen LogP) is 3.48. The van der Waals surface area contributed by atoms with Crippen LogP contribution in [0.4, 0.5) is 10.2 Å². The molecule has 25 heavy (non-hydrogen) atoms. The van der Waals surface area contributed by atoms with E-state index >= 15 is 0 Å². The number of rotatable bonds is 4. The summed E-state index contributed by atoms with van der Waals surface area (Å²) in [6.07, 6.45) is 2.78. The zero-order valence-corrected chi connectivity index (χ0v) is 14.6. The Balaban J connectivity index is 2.00. The molecule has 3 rings (SSSR count). The van der Waals surface area contributed by atoms with Gasteiger partial charge in [0.05, 0.1) is 6.04 Å². The van der Waals surface area contributed by atoms with E-state index in [2.05, 4.69) is 31.2 Å². The summed E-state index contributed by atoms with van der Waals surface area (Å²) in [6, 6.07) is 13.1. The Morgan fingerprint density at radius 2 is 1.84 bits per heavy atom. The highest BCUT2D eigenvalue weighted by atomic mass is 79.9. The second-order valence-corrected chi connectivity index (χ2v) is 6.19. The van der Waals surface area contributed by atoms with Gasteiger partial charge in [-0.2, -0.15) is 0 Å². The van der Waals surface area contributed by atoms with Crippen molar-refractivity contribution >= 4 is 27.7 Å². The van der Waals surface area contributed by atoms with E-state index in [9.17, 15) is 9.18 Å². The number of hydrogen-bond acceptors (Lipinski definition) is 4. The number of anilines is 1. The van der Waals surface area contributed by atoms with Crippen molar-refractivity contribution in [1.29, 1.82) is 0 Å². The summed E-state index contributed by atoms with van der Waals surface area (Å²) in [5.74, 6) is -0.944. The van der Waals surface area contributed by atoms with Crippen LogP contribution in [0.3, 0.4) is 0 Å². The molecule has 126 valence electrons. The molecule has 5 nitrogen and oxygen atoms in total. The molecule has 0 unspecified atom stereocenters. The number of hydrogen-bond donors (Lipinski definition) is 2. The fourth-order valence-electron chi connectivity index (χ4n) is 2.44. The lowest BCUT2D eigenvalue weighted by molar-refractivity contribution is 0.0938. The van der Waals surface area contributed by atoms with Crippen LogP contribution in [0, 0.1) is 5.82 Å². The minimum atomic E-state index is -0.691. The lowest BCUT2D eigenvalue weighted by atomic mass is 9.98. The normalized spacial score (nSPS) is 11.8. The van der Waals surface area contributed by atoms with E-state index in [4.69, 9.17) is 5.73 Å². The molecule has 1 heterocycles. The number of aromatic nitrogens is 2. The van der Waals surface area contributed by atoms with Crippen LogP contribution in [0.5, 0.6) is 0 Å². The minimum absolute atomic E-state index is 0.000881. The minimum Gasteiger partial charge on any atom is -0.382 e. The van der Waals surface area contributed by atoms with Gasteiger partial charge in [0.15, 0.2) is 11.5 Å². The number of nitrogens with two attached hydrogens (primary N) is 1. The Bertz CT molecular complexity index is 905. The maximum absolute atomic E-state index is 14.5. The molecule has 0 aliphatic carbocycles. The SMILES string of the molecule is Nc1nccnc1C(=O)N[C@@H](c1ccccc1)c1ccc(Br)cc1F. The molecule has 1 atom stereocenters. The van der Waals surface area contributed by atoms with Crippen molar-refractivity contribution in [1.82, 2.24) is 15.3 Å². The summed E-state index contributed by atoms with van der Waals surface area (Å²) in [6.45, 7) is 0. The first-order valence-corrected chi connectivity index (χ1v) is 8.23. The highest BCUT2D eigenvalue weighted by Crippen LogP contribution is 2.27. The summed E-state index contributed by atoms with van der Waals surface area (Å²) in [7, 11) is 0. The van der Waals surface area contributed by atoms with E-state index in [-0.39, 0.29) is 11.5 Å². The number of carbonyl (C=O) groups excluding carboxylic acids is 1. The molecule has 1 amide bonds. The third kappa shape index (κ3) is 3.83. The Morgan fingerprint density at radius 3 is 2.52 bits per heavy atom. The average Bonchev–Trinajstić information content (AvgIpc) is 2.61. The Labute approximate surface area is 152 Å². The second kappa shape index (κ2) is 7.40. The lowest BCUT2D eigenvalue weighted by Crippen LogP contribution is -2.31. The van der Waals surface area contributed by atoms with Gasteiger partial charge in [0.1, 0.15) is 5.82 Å². The van der Waals surface area contributed by atoms with Crippen molar-refractivity contribution in [2.24, 2.45) is 0 Å². The average molecular weight is 401 g/mol. The molecule has 0 aliphatic heterocycles. The van der Waals surface area contributed by atoms with Gasteiger partial charge in [-0.15, -0.1) is 0 Å². The highest BCUT2D eigenvalue weighted by molar-refractivity contribution is 9.10. The maximum Gasteiger partial charge on any atom is 0.274 e. The van der Waals surface area contributed by atoms with Crippen LogP contribution in [-0.4, -0.2) is 15.9 Å². The topological polar surface area (TPSA) is 80.9 Å². The number of benzene rings is 2. The molecule has 0 fully saturated rings. The van der Waals surface area contributed by atoms with Crippen molar-refractivity contribution < 1.29 is 9.18 Å². The highest BCUT2D eigenvalue weighted by Gasteiger charge is 2.22. The van der Waals surface area contributed by atoms with Crippen molar-refractivity contribution in [3.05, 3.63) is 88.0 Å². The molecule has 3 N–H and O–H groups in total. The van der Waals surface area contributed by atoms with Crippen molar-refractivity contribution in [2.45, 2.75) is 6.04 Å². The van der Waals surface area contributed by atoms with Gasteiger partial charge in [-0.25, -0.2) is 14.4 Å². The first-order chi connectivity index (χ1) is 12.1. The van der Waals surface area contributed by atoms with E-state index in [1.807, 2.05) is 30.3 Å². The summed E-state index contributed by atoms with van der Waals surface area (Å²) in [5.41, 5.74) is 6.78. The predicted molar refractivity (Wildman–Crippen MR) is 96.3 cm³/mol. The molecule has 0 saturated heterocycles. The van der Waals surface area contributed by atoms with E-state index in [1.165, 1.54) is 18.5 Å². The zero-order valence-electron chi connectivity index (χ0n) is 13.0. The van der Waals surface area contributed by atoms with Crippen LogP contribution in [0.1, 0.15) is 27.7 Å². The van der Waals surface area contributed by atoms with Crippen LogP contribution in [0.15, 0.2) is 65.4 Å². The molecular formula is C18H14BrFN4O. The number of carbonyl (C=O) groups is 1. The molecular weight excluding hydrogens is 387 g/mol. The monoisotopic (exact) mass is 400 g/mol. The van der Waals surface area contributed by atoms with Crippen LogP contribution in [0.25, 0.3) is 0 Å². The molecule has 0 saturated carbocycles. The fraction of sp³-hybridized carbons (Fsp3) is 0.0556. The Hall–Kier alpha value is -2.80. The van der Waals surface area contributed by atoms with Crippen LogP contribution in [0.2, 0.25) is 0 Å². The quantitative estimate of drug-likeness (QED) is 0.702. The van der Waals surface area contributed by atoms with E-state index < -0.39 is 17.8 Å². The van der Waals surface area contributed by atoms with E-state index in [0.29, 0.717) is 10.0 Å². The molecule has 0 aliphatic rings. The van der Waals surface area contributed by atoms with Gasteiger partial charge in [-0.1, -0.05) is 52.3 Å². The number of halogens is 2. The molecule has 0 spiro atoms. The largest absolute Gasteiger partial charge is 0.382 e. The van der Waals surface area contributed by atoms with Gasteiger partial charge in [-0.3, -0.25) is 4.79 Å². The van der Waals surface area contributed by atoms with E-state index in [0.717, 1.165) is 5.56 Å². The van der Waals surface area contributed by atoms with Gasteiger partial charge in [-0.05, 0) is 17.7 Å². The fourth-order valence-corrected chi connectivity index (χ4v) is 2.78. The number of nitrogens with one attached hydrogen (secondary N) is 1. The molecule has 3 aromatic rings. The zero-order chi connectivity index (χ0) is 17.8. The van der Waals surface area contributed by atoms with Gasteiger partial charge in [0.2, 0.25) is 0 Å². The first-order valence-electron chi connectivity index (χ1n) is 7.43. The van der Waals surface area contributed by atoms with Crippen LogP contribution >= 0.6 is 15.9 Å². The third-order valence-electron chi connectivity index (χ3n) is 3.62. The van der Waals surface area contributed by atoms with Gasteiger partial charge >= 0.3 is 0 Å². The molecule has 0 radical (unpaired) electrons. The van der Waals surface area contributed by atoms with Gasteiger partial charge in [0, 0.05) is 22.4 Å². The van der Waals surface area contributed by atoms with Crippen molar-refractivity contribution in [3.8, 4) is 0 Å². The number of nitrogens with zero attached hydrogens (tertiary/aromatic N) is 2. The van der Waals surface area contributed by atoms with Crippen LogP contribution in [-0.2, 0) is 0 Å². The standard InChI is InChI=1S/C18H14BrFN4O/c19-12-6-7-13(14(20)10-12)15(11-4-2-1-3-5-11)24-18(25)16-17(21)23-9-8-22-16/h1-10,15H,(H2,21,23)(H,24,25)/t15-/m0/s1. The summed E-state index contributed by atoms with van der Waals surface area (Å²) >= 11 is 3.24. The summed E-state index contributed by atoms with van der Waals surface area (Å²) in [4.78, 5) is 20.4. The van der Waals surface area contributed by atoms with Gasteiger partial charge in [0.25, 0.3) is 5.91 Å². The van der Waals surface area contributed by atoms with Crippen LogP contribution < -0.4 is 11.1 Å². The lowest BCUT2D eigenvalue weighted by Gasteiger charge is -2.20. The maximum atomic E-state index is 14.5. The Kier molecular flexibility index (Phi) is 5.04. The smallest absolute Gasteiger partial charge is 0.274 e. The molecule has 2 aromatic carbocycles. The number of amides is 1. The number of nitrogen functional groups attached to an aromatic ring is 1. The first kappa shape index (κ1) is 17.0. The third-order valence-corrected chi connectivity index (χ3v) is 4.12. The van der Waals surface area contributed by atoms with Crippen molar-refractivity contribution in [3.63, 3.8) is 0 Å². The second-order valence-electron chi connectivity index (χ2n) is 5.27. The Morgan fingerprint density at radius 1 is 1.12 bits per heavy atom. The van der Waals surface area contributed by atoms with Gasteiger partial charge < -0.3 is 11.1 Å². The summed E-state index contributed by atoms with van der Waals surface area (Å²) < 4.78 is 15.1. The molecule has 7 heteroatoms. The van der Waals surface area contributed by atoms with E-state index in [1.54, 1.807) is 12.1 Å². The van der Waals surface area contributed by atoms with Crippen molar-refractivity contribution in [2.75, 3.05) is 5.73 Å². The molecule has 1 aromatic heterocycles. The summed E-state index contributed by atoms with van der Waals surface area (Å²) in [5, 5.41) is 2.79.